The summed E-state index contributed by atoms with van der Waals surface area (Å²) in [5, 5.41) is 6.97. The summed E-state index contributed by atoms with van der Waals surface area (Å²) in [5.74, 6) is 0.129. The van der Waals surface area contributed by atoms with Gasteiger partial charge in [0.15, 0.2) is 0 Å². The first-order chi connectivity index (χ1) is 9.20. The van der Waals surface area contributed by atoms with Crippen LogP contribution in [0.5, 0.6) is 0 Å². The van der Waals surface area contributed by atoms with Crippen molar-refractivity contribution in [3.63, 3.8) is 0 Å². The minimum Gasteiger partial charge on any atom is -0.369 e. The van der Waals surface area contributed by atoms with Crippen molar-refractivity contribution < 1.29 is 4.79 Å². The Balaban J connectivity index is 2.19. The molecular weight excluding hydrogens is 262 g/mol. The molecule has 2 N–H and O–H groups in total. The third kappa shape index (κ3) is 3.85. The summed E-state index contributed by atoms with van der Waals surface area (Å²) in [6.45, 7) is 6.09. The van der Waals surface area contributed by atoms with E-state index in [1.807, 2.05) is 18.2 Å². The van der Waals surface area contributed by atoms with Crippen LogP contribution in [0.3, 0.4) is 0 Å². The van der Waals surface area contributed by atoms with Gasteiger partial charge in [-0.25, -0.2) is 0 Å². The highest BCUT2D eigenvalue weighted by molar-refractivity contribution is 6.30. The highest BCUT2D eigenvalue weighted by Gasteiger charge is 2.16. The molecule has 104 valence electrons. The number of halogens is 1. The molecule has 1 fully saturated rings. The van der Waals surface area contributed by atoms with Crippen LogP contribution in [0.2, 0.25) is 5.02 Å². The van der Waals surface area contributed by atoms with Gasteiger partial charge in [-0.3, -0.25) is 4.79 Å². The van der Waals surface area contributed by atoms with E-state index in [1.54, 1.807) is 0 Å². The lowest BCUT2D eigenvalue weighted by molar-refractivity contribution is -0.120. The molecule has 4 nitrogen and oxygen atoms in total. The fraction of sp³-hybridized carbons (Fsp3) is 0.500. The Bertz CT molecular complexity index is 450. The molecule has 1 aromatic rings. The lowest BCUT2D eigenvalue weighted by Crippen LogP contribution is -2.29. The Morgan fingerprint density at radius 3 is 3.05 bits per heavy atom. The average molecular weight is 282 g/mol. The summed E-state index contributed by atoms with van der Waals surface area (Å²) in [7, 11) is 0. The molecule has 0 unspecified atom stereocenters. The van der Waals surface area contributed by atoms with E-state index in [0.717, 1.165) is 31.2 Å². The van der Waals surface area contributed by atoms with Crippen LogP contribution in [0, 0.1) is 0 Å². The monoisotopic (exact) mass is 281 g/mol. The number of carbonyl (C=O) groups excluding carboxylic acids is 1. The first-order valence-electron chi connectivity index (χ1n) is 6.71. The van der Waals surface area contributed by atoms with Crippen molar-refractivity contribution >= 4 is 23.2 Å². The average Bonchev–Trinajstić information content (AvgIpc) is 2.61. The molecule has 0 atom stereocenters. The summed E-state index contributed by atoms with van der Waals surface area (Å²) >= 11 is 6.08. The van der Waals surface area contributed by atoms with Crippen LogP contribution in [0.25, 0.3) is 0 Å². The maximum atomic E-state index is 11.4. The first kappa shape index (κ1) is 14.2. The molecule has 1 heterocycles. The molecule has 0 aliphatic carbocycles. The van der Waals surface area contributed by atoms with Gasteiger partial charge in [0.25, 0.3) is 0 Å². The predicted molar refractivity (Wildman–Crippen MR) is 78.7 cm³/mol. The van der Waals surface area contributed by atoms with E-state index in [2.05, 4.69) is 22.5 Å². The van der Waals surface area contributed by atoms with Gasteiger partial charge in [0.05, 0.1) is 0 Å². The number of hydrogen-bond acceptors (Lipinski definition) is 3. The molecule has 5 heteroatoms. The normalized spacial score (nSPS) is 16.1. The molecule has 0 saturated carbocycles. The maximum Gasteiger partial charge on any atom is 0.221 e. The van der Waals surface area contributed by atoms with Crippen LogP contribution >= 0.6 is 11.6 Å². The Morgan fingerprint density at radius 2 is 2.26 bits per heavy atom. The van der Waals surface area contributed by atoms with Crippen LogP contribution in [0.4, 0.5) is 5.69 Å². The Labute approximate surface area is 119 Å². The molecule has 0 spiro atoms. The van der Waals surface area contributed by atoms with E-state index < -0.39 is 0 Å². The van der Waals surface area contributed by atoms with Crippen molar-refractivity contribution in [2.45, 2.75) is 19.9 Å². The topological polar surface area (TPSA) is 44.4 Å². The van der Waals surface area contributed by atoms with E-state index in [0.29, 0.717) is 13.0 Å². The van der Waals surface area contributed by atoms with E-state index in [9.17, 15) is 4.79 Å². The second kappa shape index (κ2) is 6.78. The summed E-state index contributed by atoms with van der Waals surface area (Å²) in [6, 6.07) is 5.96. The van der Waals surface area contributed by atoms with Crippen molar-refractivity contribution in [2.75, 3.05) is 31.1 Å². The molecule has 1 saturated heterocycles. The maximum absolute atomic E-state index is 11.4. The summed E-state index contributed by atoms with van der Waals surface area (Å²) in [5.41, 5.74) is 2.35. The van der Waals surface area contributed by atoms with Crippen molar-refractivity contribution in [1.82, 2.24) is 10.6 Å². The van der Waals surface area contributed by atoms with Gasteiger partial charge in [-0.2, -0.15) is 0 Å². The van der Waals surface area contributed by atoms with Gasteiger partial charge < -0.3 is 15.5 Å². The number of carbonyl (C=O) groups is 1. The number of amides is 1. The van der Waals surface area contributed by atoms with Crippen LogP contribution < -0.4 is 15.5 Å². The van der Waals surface area contributed by atoms with Crippen molar-refractivity contribution in [3.05, 3.63) is 28.8 Å². The van der Waals surface area contributed by atoms with E-state index >= 15 is 0 Å². The lowest BCUT2D eigenvalue weighted by atomic mass is 10.1. The number of nitrogens with zero attached hydrogens (tertiary/aromatic N) is 1. The Morgan fingerprint density at radius 1 is 1.42 bits per heavy atom. The number of hydrogen-bond donors (Lipinski definition) is 2. The first-order valence-corrected chi connectivity index (χ1v) is 7.09. The van der Waals surface area contributed by atoms with E-state index in [1.165, 1.54) is 11.3 Å². The van der Waals surface area contributed by atoms with Crippen LogP contribution in [-0.4, -0.2) is 32.1 Å². The lowest BCUT2D eigenvalue weighted by Gasteiger charge is -2.25. The van der Waals surface area contributed by atoms with Crippen LogP contribution in [-0.2, 0) is 11.3 Å². The molecule has 0 aromatic heterocycles. The van der Waals surface area contributed by atoms with Gasteiger partial charge in [-0.1, -0.05) is 18.5 Å². The highest BCUT2D eigenvalue weighted by Crippen LogP contribution is 2.25. The smallest absolute Gasteiger partial charge is 0.221 e. The SMILES string of the molecule is CCNCc1cc(Cl)ccc1N1CCNC(=O)CC1. The van der Waals surface area contributed by atoms with E-state index in [4.69, 9.17) is 11.6 Å². The van der Waals surface area contributed by atoms with Crippen molar-refractivity contribution in [3.8, 4) is 0 Å². The number of anilines is 1. The van der Waals surface area contributed by atoms with Crippen LogP contribution in [0.15, 0.2) is 18.2 Å². The summed E-state index contributed by atoms with van der Waals surface area (Å²) in [4.78, 5) is 13.7. The second-order valence-corrected chi connectivity index (χ2v) is 5.08. The van der Waals surface area contributed by atoms with Crippen molar-refractivity contribution in [2.24, 2.45) is 0 Å². The Kier molecular flexibility index (Phi) is 5.05. The summed E-state index contributed by atoms with van der Waals surface area (Å²) in [6.07, 6.45) is 0.545. The van der Waals surface area contributed by atoms with Gasteiger partial charge in [-0.05, 0) is 30.3 Å². The number of nitrogens with one attached hydrogen (secondary N) is 2. The minimum absolute atomic E-state index is 0.129. The third-order valence-electron chi connectivity index (χ3n) is 3.26. The summed E-state index contributed by atoms with van der Waals surface area (Å²) < 4.78 is 0. The Hall–Kier alpha value is -1.26. The minimum atomic E-state index is 0.129. The molecule has 0 bridgehead atoms. The molecule has 0 radical (unpaired) electrons. The molecule has 1 aliphatic heterocycles. The van der Waals surface area contributed by atoms with Gasteiger partial charge in [-0.15, -0.1) is 0 Å². The largest absolute Gasteiger partial charge is 0.369 e. The zero-order valence-electron chi connectivity index (χ0n) is 11.2. The zero-order chi connectivity index (χ0) is 13.7. The molecule has 1 aliphatic rings. The van der Waals surface area contributed by atoms with Gasteiger partial charge in [0.2, 0.25) is 5.91 Å². The molecule has 1 amide bonds. The standard InChI is InChI=1S/C14H20ClN3O/c1-2-16-10-11-9-12(15)3-4-13(11)18-7-5-14(19)17-6-8-18/h3-4,9,16H,2,5-8,10H2,1H3,(H,17,19). The fourth-order valence-electron chi connectivity index (χ4n) is 2.27. The third-order valence-corrected chi connectivity index (χ3v) is 3.50. The predicted octanol–water partition coefficient (Wildman–Crippen LogP) is 1.78. The van der Waals surface area contributed by atoms with Crippen LogP contribution in [0.1, 0.15) is 18.9 Å². The van der Waals surface area contributed by atoms with Gasteiger partial charge >= 0.3 is 0 Å². The fourth-order valence-corrected chi connectivity index (χ4v) is 2.47. The number of rotatable bonds is 4. The van der Waals surface area contributed by atoms with E-state index in [-0.39, 0.29) is 5.91 Å². The quantitative estimate of drug-likeness (QED) is 0.884. The molecular formula is C14H20ClN3O. The molecule has 19 heavy (non-hydrogen) atoms. The highest BCUT2D eigenvalue weighted by atomic mass is 35.5. The van der Waals surface area contributed by atoms with Gasteiger partial charge in [0, 0.05) is 43.3 Å². The number of benzene rings is 1. The van der Waals surface area contributed by atoms with Gasteiger partial charge in [0.1, 0.15) is 0 Å². The second-order valence-electron chi connectivity index (χ2n) is 4.64. The zero-order valence-corrected chi connectivity index (χ0v) is 12.0. The van der Waals surface area contributed by atoms with Crippen molar-refractivity contribution in [1.29, 1.82) is 0 Å². The molecule has 2 rings (SSSR count). The molecule has 1 aromatic carbocycles.